The molecule has 0 saturated carbocycles. The van der Waals surface area contributed by atoms with Crippen molar-refractivity contribution >= 4 is 26.8 Å². The normalized spacial score (nSPS) is 8.08. The number of hydrogen-bond donors (Lipinski definition) is 0. The van der Waals surface area contributed by atoms with E-state index in [1.165, 1.54) is 0 Å². The van der Waals surface area contributed by atoms with Crippen LogP contribution in [0.25, 0.3) is 0 Å². The summed E-state index contributed by atoms with van der Waals surface area (Å²) in [5.74, 6) is 0. The third-order valence-electron chi connectivity index (χ3n) is 0.759. The molecule has 0 unspecified atom stereocenters. The molecule has 65 valence electrons. The molecule has 0 atom stereocenters. The Labute approximate surface area is 78.4 Å². The molecule has 0 aliphatic heterocycles. The Bertz CT molecular complexity index is 186. The molecule has 0 bridgehead atoms. The predicted octanol–water partition coefficient (Wildman–Crippen LogP) is 0.923. The third-order valence-corrected chi connectivity index (χ3v) is 2.43. The first-order valence-electron chi connectivity index (χ1n) is 2.89. The van der Waals surface area contributed by atoms with E-state index in [9.17, 15) is 14.4 Å². The zero-order valence-electron chi connectivity index (χ0n) is 6.08. The number of rotatable bonds is 3. The van der Waals surface area contributed by atoms with Crippen molar-refractivity contribution < 1.29 is 28.5 Å². The molecule has 1 heterocycles. The summed E-state index contributed by atoms with van der Waals surface area (Å²) < 4.78 is 0. The van der Waals surface area contributed by atoms with Crippen LogP contribution in [-0.4, -0.2) is 15.4 Å². The van der Waals surface area contributed by atoms with Gasteiger partial charge in [0.05, 0.1) is 0 Å². The molecule has 0 aliphatic rings. The van der Waals surface area contributed by atoms with Gasteiger partial charge in [-0.1, -0.05) is 12.1 Å². The van der Waals surface area contributed by atoms with Gasteiger partial charge in [-0.25, -0.2) is 0 Å². The summed E-state index contributed by atoms with van der Waals surface area (Å²) >= 11 is -0.384. The molecule has 0 N–H and O–H groups in total. The average Bonchev–Trinajstić information content (AvgIpc) is 2.64. The van der Waals surface area contributed by atoms with Gasteiger partial charge in [-0.05, 0) is 10.8 Å². The monoisotopic (exact) mass is 223 g/mol. The van der Waals surface area contributed by atoms with E-state index in [0.29, 0.717) is 15.4 Å². The summed E-state index contributed by atoms with van der Waals surface area (Å²) in [7, 11) is 0. The first-order valence-corrected chi connectivity index (χ1v) is 6.04. The summed E-state index contributed by atoms with van der Waals surface area (Å²) in [6.45, 7) is 0. The van der Waals surface area contributed by atoms with E-state index >= 15 is 0 Å². The molecule has 1 aromatic heterocycles. The molecule has 0 aliphatic carbocycles. The SMILES string of the molecule is O=[CH][Cr]([CH]=O)[CH]=O.c1ccsc1. The van der Waals surface area contributed by atoms with E-state index < -0.39 is 14.1 Å². The molecule has 1 rings (SSSR count). The molecule has 5 heteroatoms. The van der Waals surface area contributed by atoms with Crippen molar-refractivity contribution in [3.63, 3.8) is 0 Å². The van der Waals surface area contributed by atoms with E-state index in [0.717, 1.165) is 0 Å². The van der Waals surface area contributed by atoms with Crippen LogP contribution in [0.5, 0.6) is 0 Å². The Morgan fingerprint density at radius 2 is 1.33 bits per heavy atom. The van der Waals surface area contributed by atoms with Gasteiger partial charge in [-0.2, -0.15) is 11.3 Å². The van der Waals surface area contributed by atoms with E-state index in [-0.39, 0.29) is 0 Å². The van der Waals surface area contributed by atoms with Gasteiger partial charge in [0.1, 0.15) is 0 Å². The van der Waals surface area contributed by atoms with Crippen LogP contribution in [0, 0.1) is 0 Å². The second kappa shape index (κ2) is 8.34. The van der Waals surface area contributed by atoms with Crippen LogP contribution >= 0.6 is 11.3 Å². The smallest absolute Gasteiger partial charge is 0.00934 e. The van der Waals surface area contributed by atoms with Gasteiger partial charge >= 0.3 is 44.0 Å². The van der Waals surface area contributed by atoms with Gasteiger partial charge in [0.15, 0.2) is 0 Å². The van der Waals surface area contributed by atoms with Gasteiger partial charge in [0.25, 0.3) is 0 Å². The van der Waals surface area contributed by atoms with Crippen LogP contribution in [0.15, 0.2) is 22.9 Å². The van der Waals surface area contributed by atoms with Gasteiger partial charge < -0.3 is 0 Å². The maximum atomic E-state index is 9.56. The first-order chi connectivity index (χ1) is 5.85. The van der Waals surface area contributed by atoms with Gasteiger partial charge in [0, 0.05) is 0 Å². The fourth-order valence-electron chi connectivity index (χ4n) is 0.295. The Morgan fingerprint density at radius 3 is 1.42 bits per heavy atom. The standard InChI is InChI=1S/C4H4S.3CHO.Cr/c1-2-4-5-3-1;3*1-2;/h1-4H;3*1H;. The molecule has 0 spiro atoms. The number of carbonyl (C=O) groups excluding carboxylic acids is 3. The van der Waals surface area contributed by atoms with Crippen LogP contribution < -0.4 is 0 Å². The summed E-state index contributed by atoms with van der Waals surface area (Å²) in [5.41, 5.74) is 0. The molecular formula is C7H7CrO3S. The van der Waals surface area contributed by atoms with Crippen LogP contribution in [0.3, 0.4) is 0 Å². The van der Waals surface area contributed by atoms with Crippen molar-refractivity contribution in [2.24, 2.45) is 0 Å². The van der Waals surface area contributed by atoms with Crippen LogP contribution in [-0.2, 0) is 28.5 Å². The molecule has 0 saturated heterocycles. The molecule has 3 nitrogen and oxygen atoms in total. The maximum absolute atomic E-state index is 9.56. The van der Waals surface area contributed by atoms with Gasteiger partial charge in [-0.15, -0.1) is 0 Å². The van der Waals surface area contributed by atoms with Crippen molar-refractivity contribution in [3.8, 4) is 0 Å². The minimum absolute atomic E-state index is 0.417. The van der Waals surface area contributed by atoms with Crippen molar-refractivity contribution in [2.45, 2.75) is 0 Å². The number of thiophene rings is 1. The topological polar surface area (TPSA) is 51.2 Å². The van der Waals surface area contributed by atoms with Crippen molar-refractivity contribution in [1.29, 1.82) is 0 Å². The summed E-state index contributed by atoms with van der Waals surface area (Å²) in [5, 5.41) is 5.33. The molecule has 1 aromatic rings. The van der Waals surface area contributed by atoms with Gasteiger partial charge in [-0.3, -0.25) is 0 Å². The second-order valence-corrected chi connectivity index (χ2v) is 4.48. The predicted molar refractivity (Wildman–Crippen MR) is 44.6 cm³/mol. The first kappa shape index (κ1) is 11.2. The summed E-state index contributed by atoms with van der Waals surface area (Å²) in [6, 6.07) is 4.04. The Balaban J connectivity index is 0.000000211. The molecule has 12 heavy (non-hydrogen) atoms. The Hall–Kier alpha value is -0.758. The minimum Gasteiger partial charge on any atom is -0.152 e. The average molecular weight is 223 g/mol. The second-order valence-electron chi connectivity index (χ2n) is 1.49. The minimum atomic E-state index is -2.10. The summed E-state index contributed by atoms with van der Waals surface area (Å²) in [6.07, 6.45) is 0. The zero-order valence-corrected chi connectivity index (χ0v) is 8.17. The van der Waals surface area contributed by atoms with Crippen molar-refractivity contribution in [3.05, 3.63) is 22.9 Å². The maximum Gasteiger partial charge on any atom is -0.00934 e. The summed E-state index contributed by atoms with van der Waals surface area (Å²) in [4.78, 5) is 28.7. The van der Waals surface area contributed by atoms with Crippen LogP contribution in [0.2, 0.25) is 0 Å². The fraction of sp³-hybridized carbons (Fsp3) is 0. The largest absolute Gasteiger partial charge is 0.152 e. The zero-order chi connectivity index (χ0) is 9.23. The van der Waals surface area contributed by atoms with E-state index in [1.807, 2.05) is 22.9 Å². The Morgan fingerprint density at radius 1 is 0.917 bits per heavy atom. The van der Waals surface area contributed by atoms with E-state index in [1.54, 1.807) is 11.3 Å². The number of hydrogen-bond acceptors (Lipinski definition) is 4. The van der Waals surface area contributed by atoms with Crippen molar-refractivity contribution in [2.75, 3.05) is 0 Å². The molecule has 0 aromatic carbocycles. The molecule has 0 radical (unpaired) electrons. The van der Waals surface area contributed by atoms with Crippen LogP contribution in [0.4, 0.5) is 0 Å². The number of carbonyl (C=O) groups is 3. The fourth-order valence-corrected chi connectivity index (χ4v) is 0.961. The van der Waals surface area contributed by atoms with E-state index in [2.05, 4.69) is 0 Å². The quantitative estimate of drug-likeness (QED) is 0.716. The van der Waals surface area contributed by atoms with Crippen molar-refractivity contribution in [1.82, 2.24) is 0 Å². The van der Waals surface area contributed by atoms with Crippen LogP contribution in [0.1, 0.15) is 0 Å². The Kier molecular flexibility index (Phi) is 7.81. The molecule has 0 fully saturated rings. The molecular weight excluding hydrogens is 216 g/mol. The van der Waals surface area contributed by atoms with E-state index in [4.69, 9.17) is 0 Å². The molecule has 0 amide bonds. The third kappa shape index (κ3) is 5.99. The van der Waals surface area contributed by atoms with Gasteiger partial charge in [0.2, 0.25) is 0 Å².